The van der Waals surface area contributed by atoms with Crippen molar-refractivity contribution < 1.29 is 8.42 Å². The Hall–Kier alpha value is -1.81. The summed E-state index contributed by atoms with van der Waals surface area (Å²) < 4.78 is 27.0. The van der Waals surface area contributed by atoms with Crippen LogP contribution in [0, 0.1) is 0 Å². The summed E-state index contributed by atoms with van der Waals surface area (Å²) in [4.78, 5) is 4.26. The van der Waals surface area contributed by atoms with Crippen LogP contribution in [0.3, 0.4) is 0 Å². The molecule has 0 saturated heterocycles. The molecule has 0 spiro atoms. The van der Waals surface area contributed by atoms with Gasteiger partial charge in [0.2, 0.25) is 10.0 Å². The van der Waals surface area contributed by atoms with E-state index in [-0.39, 0.29) is 42.2 Å². The van der Waals surface area contributed by atoms with Gasteiger partial charge in [-0.25, -0.2) is 8.42 Å². The van der Waals surface area contributed by atoms with Crippen molar-refractivity contribution in [1.29, 1.82) is 0 Å². The summed E-state index contributed by atoms with van der Waals surface area (Å²) in [5, 5.41) is 3.17. The molecule has 2 aromatic carbocycles. The molecule has 6 nitrogen and oxygen atoms in total. The summed E-state index contributed by atoms with van der Waals surface area (Å²) in [6, 6.07) is 13.8. The number of aliphatic imine (C=N–C) groups is 1. The lowest BCUT2D eigenvalue weighted by Crippen LogP contribution is -2.33. The van der Waals surface area contributed by atoms with Crippen LogP contribution in [0.5, 0.6) is 0 Å². The molecule has 29 heavy (non-hydrogen) atoms. The molecule has 158 valence electrons. The Balaban J connectivity index is 0.00000300. The fourth-order valence-corrected chi connectivity index (χ4v) is 4.95. The normalized spacial score (nSPS) is 13.7. The van der Waals surface area contributed by atoms with E-state index >= 15 is 0 Å². The van der Waals surface area contributed by atoms with Gasteiger partial charge in [0.1, 0.15) is 0 Å². The van der Waals surface area contributed by atoms with Gasteiger partial charge in [-0.15, -0.1) is 24.0 Å². The van der Waals surface area contributed by atoms with E-state index in [0.717, 1.165) is 36.2 Å². The molecular weight excluding hydrogens is 499 g/mol. The van der Waals surface area contributed by atoms with Crippen molar-refractivity contribution in [1.82, 2.24) is 0 Å². The highest BCUT2D eigenvalue weighted by atomic mass is 127. The summed E-state index contributed by atoms with van der Waals surface area (Å²) in [6.45, 7) is 4.79. The van der Waals surface area contributed by atoms with Crippen LogP contribution in [-0.4, -0.2) is 33.2 Å². The van der Waals surface area contributed by atoms with Crippen molar-refractivity contribution in [2.24, 2.45) is 10.7 Å². The van der Waals surface area contributed by atoms with Gasteiger partial charge in [-0.1, -0.05) is 50.2 Å². The molecule has 0 unspecified atom stereocenters. The van der Waals surface area contributed by atoms with E-state index in [1.165, 1.54) is 15.4 Å². The zero-order valence-electron chi connectivity index (χ0n) is 16.9. The molecule has 8 heteroatoms. The monoisotopic (exact) mass is 528 g/mol. The van der Waals surface area contributed by atoms with E-state index < -0.39 is 10.0 Å². The number of fused-ring (bicyclic) bond motifs is 1. The number of sulfonamides is 1. The molecule has 2 aromatic rings. The minimum Gasteiger partial charge on any atom is -0.370 e. The third kappa shape index (κ3) is 5.42. The van der Waals surface area contributed by atoms with Gasteiger partial charge in [0.15, 0.2) is 5.96 Å². The third-order valence-electron chi connectivity index (χ3n) is 5.06. The number of guanidine groups is 1. The molecule has 0 bridgehead atoms. The van der Waals surface area contributed by atoms with Crippen LogP contribution in [0.25, 0.3) is 0 Å². The van der Waals surface area contributed by atoms with Crippen LogP contribution in [0.4, 0.5) is 11.4 Å². The quantitative estimate of drug-likeness (QED) is 0.327. The average Bonchev–Trinajstić information content (AvgIpc) is 3.13. The minimum atomic E-state index is -3.42. The second kappa shape index (κ2) is 10.3. The number of nitrogens with zero attached hydrogens (tertiary/aromatic N) is 2. The summed E-state index contributed by atoms with van der Waals surface area (Å²) in [5.41, 5.74) is 11.2. The Labute approximate surface area is 190 Å². The molecule has 1 heterocycles. The maximum Gasteiger partial charge on any atom is 0.237 e. The maximum atomic E-state index is 12.7. The summed E-state index contributed by atoms with van der Waals surface area (Å²) >= 11 is 0. The Kier molecular flexibility index (Phi) is 8.33. The van der Waals surface area contributed by atoms with Gasteiger partial charge in [-0.05, 0) is 42.0 Å². The van der Waals surface area contributed by atoms with Crippen LogP contribution >= 0.6 is 24.0 Å². The number of anilines is 2. The van der Waals surface area contributed by atoms with Crippen molar-refractivity contribution in [2.45, 2.75) is 33.1 Å². The Morgan fingerprint density at radius 3 is 2.41 bits per heavy atom. The Morgan fingerprint density at radius 1 is 1.10 bits per heavy atom. The Bertz CT molecular complexity index is 954. The maximum absolute atomic E-state index is 12.7. The zero-order valence-corrected chi connectivity index (χ0v) is 20.0. The van der Waals surface area contributed by atoms with Crippen molar-refractivity contribution in [3.63, 3.8) is 0 Å². The van der Waals surface area contributed by atoms with Crippen LogP contribution in [0.2, 0.25) is 0 Å². The highest BCUT2D eigenvalue weighted by Crippen LogP contribution is 2.30. The molecular formula is C21H29IN4O2S. The lowest BCUT2D eigenvalue weighted by molar-refractivity contribution is 0.592. The second-order valence-corrected chi connectivity index (χ2v) is 8.83. The van der Waals surface area contributed by atoms with Crippen LogP contribution in [-0.2, 0) is 29.3 Å². The van der Waals surface area contributed by atoms with Gasteiger partial charge in [0.05, 0.1) is 18.0 Å². The smallest absolute Gasteiger partial charge is 0.237 e. The van der Waals surface area contributed by atoms with E-state index in [0.29, 0.717) is 6.54 Å². The molecule has 0 radical (unpaired) electrons. The van der Waals surface area contributed by atoms with Crippen molar-refractivity contribution in [3.05, 3.63) is 59.2 Å². The van der Waals surface area contributed by atoms with E-state index in [1.54, 1.807) is 0 Å². The van der Waals surface area contributed by atoms with E-state index in [1.807, 2.05) is 30.3 Å². The highest BCUT2D eigenvalue weighted by molar-refractivity contribution is 14.0. The van der Waals surface area contributed by atoms with Crippen molar-refractivity contribution >= 4 is 51.3 Å². The summed E-state index contributed by atoms with van der Waals surface area (Å²) in [5.74, 6) is 0.173. The van der Waals surface area contributed by atoms with Gasteiger partial charge in [-0.3, -0.25) is 9.30 Å². The predicted molar refractivity (Wildman–Crippen MR) is 132 cm³/mol. The lowest BCUT2D eigenvalue weighted by atomic mass is 10.0. The van der Waals surface area contributed by atoms with Crippen LogP contribution in [0.15, 0.2) is 47.5 Å². The first-order valence-electron chi connectivity index (χ1n) is 9.72. The molecule has 0 amide bonds. The number of hydrogen-bond acceptors (Lipinski definition) is 3. The topological polar surface area (TPSA) is 87.8 Å². The van der Waals surface area contributed by atoms with Crippen molar-refractivity contribution in [2.75, 3.05) is 28.5 Å². The number of para-hydroxylation sites is 2. The summed E-state index contributed by atoms with van der Waals surface area (Å²) in [6.07, 6.45) is 2.51. The molecule has 1 aliphatic rings. The van der Waals surface area contributed by atoms with E-state index in [4.69, 9.17) is 5.73 Å². The van der Waals surface area contributed by atoms with Crippen molar-refractivity contribution in [3.8, 4) is 0 Å². The second-order valence-electron chi connectivity index (χ2n) is 6.82. The predicted octanol–water partition coefficient (Wildman–Crippen LogP) is 3.55. The van der Waals surface area contributed by atoms with Gasteiger partial charge < -0.3 is 11.1 Å². The molecule has 3 rings (SSSR count). The fourth-order valence-electron chi connectivity index (χ4n) is 3.56. The molecule has 0 fully saturated rings. The van der Waals surface area contributed by atoms with Gasteiger partial charge in [-0.2, -0.15) is 0 Å². The van der Waals surface area contributed by atoms with Gasteiger partial charge >= 0.3 is 0 Å². The first kappa shape index (κ1) is 23.5. The highest BCUT2D eigenvalue weighted by Gasteiger charge is 2.28. The van der Waals surface area contributed by atoms with E-state index in [2.05, 4.69) is 36.3 Å². The minimum absolute atomic E-state index is 0. The number of nitrogens with one attached hydrogen (secondary N) is 1. The number of rotatable bonds is 7. The molecule has 1 aliphatic heterocycles. The third-order valence-corrected chi connectivity index (χ3v) is 6.81. The number of nitrogens with two attached hydrogens (primary N) is 1. The first-order chi connectivity index (χ1) is 13.5. The molecule has 0 aliphatic carbocycles. The number of halogens is 1. The number of hydrogen-bond donors (Lipinski definition) is 2. The SMILES string of the molecule is CCc1cccc(CC)c1NC(N)=NCCS(=O)(=O)N1CCc2ccccc21.I. The Morgan fingerprint density at radius 2 is 1.76 bits per heavy atom. The number of aryl methyl sites for hydroxylation is 2. The zero-order chi connectivity index (χ0) is 20.1. The van der Waals surface area contributed by atoms with Gasteiger partial charge in [0, 0.05) is 12.2 Å². The lowest BCUT2D eigenvalue weighted by Gasteiger charge is -2.19. The number of benzene rings is 2. The molecule has 3 N–H and O–H groups in total. The van der Waals surface area contributed by atoms with Crippen LogP contribution < -0.4 is 15.4 Å². The van der Waals surface area contributed by atoms with Gasteiger partial charge in [0.25, 0.3) is 0 Å². The first-order valence-corrected chi connectivity index (χ1v) is 11.3. The fraction of sp³-hybridized carbons (Fsp3) is 0.381. The standard InChI is InChI=1S/C21H28N4O2S.HI/c1-3-16-9-7-10-17(4-2)20(16)24-21(22)23-13-15-28(26,27)25-14-12-18-8-5-6-11-19(18)25;/h5-11H,3-4,12-15H2,1-2H3,(H3,22,23,24);1H. The molecule has 0 aromatic heterocycles. The summed E-state index contributed by atoms with van der Waals surface area (Å²) in [7, 11) is -3.42. The largest absolute Gasteiger partial charge is 0.370 e. The average molecular weight is 528 g/mol. The van der Waals surface area contributed by atoms with Crippen LogP contribution in [0.1, 0.15) is 30.5 Å². The molecule has 0 saturated carbocycles. The van der Waals surface area contributed by atoms with E-state index in [9.17, 15) is 8.42 Å². The molecule has 0 atom stereocenters.